The van der Waals surface area contributed by atoms with E-state index >= 15 is 0 Å². The van der Waals surface area contributed by atoms with Crippen molar-refractivity contribution in [2.75, 3.05) is 38.1 Å². The first-order valence-electron chi connectivity index (χ1n) is 8.39. The third-order valence-corrected chi connectivity index (χ3v) is 5.67. The van der Waals surface area contributed by atoms with E-state index in [1.54, 1.807) is 17.5 Å². The standard InChI is InChI=1S/C18H21N5S/c1-3-14-11-15-17(23-9-7-22(2)8-10-23)20-16(21-18(15)24-14)13-5-4-6-19-12-13/h4-6,11-12H,3,7-10H2,1-2H3. The summed E-state index contributed by atoms with van der Waals surface area (Å²) in [6.07, 6.45) is 4.65. The summed E-state index contributed by atoms with van der Waals surface area (Å²) < 4.78 is 0. The zero-order valence-electron chi connectivity index (χ0n) is 14.1. The van der Waals surface area contributed by atoms with Gasteiger partial charge in [0.25, 0.3) is 0 Å². The van der Waals surface area contributed by atoms with E-state index < -0.39 is 0 Å². The first-order valence-corrected chi connectivity index (χ1v) is 9.20. The molecule has 0 radical (unpaired) electrons. The van der Waals surface area contributed by atoms with Gasteiger partial charge in [-0.05, 0) is 31.7 Å². The fraction of sp³-hybridized carbons (Fsp3) is 0.389. The van der Waals surface area contributed by atoms with Crippen LogP contribution in [0.25, 0.3) is 21.6 Å². The highest BCUT2D eigenvalue weighted by Crippen LogP contribution is 2.33. The van der Waals surface area contributed by atoms with E-state index in [0.717, 1.165) is 54.6 Å². The van der Waals surface area contributed by atoms with Gasteiger partial charge in [0.1, 0.15) is 10.6 Å². The molecule has 0 saturated carbocycles. The Hall–Kier alpha value is -2.05. The third-order valence-electron chi connectivity index (χ3n) is 4.49. The summed E-state index contributed by atoms with van der Waals surface area (Å²) in [5.41, 5.74) is 0.973. The van der Waals surface area contributed by atoms with Gasteiger partial charge in [0.05, 0.1) is 5.39 Å². The summed E-state index contributed by atoms with van der Waals surface area (Å²) in [6.45, 7) is 6.34. The highest BCUT2D eigenvalue weighted by atomic mass is 32.1. The van der Waals surface area contributed by atoms with Crippen molar-refractivity contribution in [3.05, 3.63) is 35.5 Å². The molecular formula is C18H21N5S. The lowest BCUT2D eigenvalue weighted by Gasteiger charge is -2.33. The van der Waals surface area contributed by atoms with Crippen LogP contribution >= 0.6 is 11.3 Å². The Balaban J connectivity index is 1.84. The molecule has 1 saturated heterocycles. The van der Waals surface area contributed by atoms with Crippen molar-refractivity contribution in [3.8, 4) is 11.4 Å². The van der Waals surface area contributed by atoms with E-state index in [0.29, 0.717) is 0 Å². The molecule has 4 rings (SSSR count). The van der Waals surface area contributed by atoms with E-state index in [-0.39, 0.29) is 0 Å². The maximum absolute atomic E-state index is 4.93. The largest absolute Gasteiger partial charge is 0.353 e. The second-order valence-electron chi connectivity index (χ2n) is 6.19. The first-order chi connectivity index (χ1) is 11.7. The van der Waals surface area contributed by atoms with Crippen LogP contribution in [0.2, 0.25) is 0 Å². The molecule has 0 bridgehead atoms. The van der Waals surface area contributed by atoms with Gasteiger partial charge in [-0.15, -0.1) is 11.3 Å². The number of fused-ring (bicyclic) bond motifs is 1. The zero-order valence-corrected chi connectivity index (χ0v) is 14.9. The topological polar surface area (TPSA) is 45.2 Å². The van der Waals surface area contributed by atoms with Crippen molar-refractivity contribution < 1.29 is 0 Å². The number of nitrogens with zero attached hydrogens (tertiary/aromatic N) is 5. The number of pyridine rings is 1. The van der Waals surface area contributed by atoms with Crippen molar-refractivity contribution in [1.29, 1.82) is 0 Å². The number of anilines is 1. The third kappa shape index (κ3) is 2.87. The Morgan fingerprint density at radius 2 is 2.00 bits per heavy atom. The molecule has 1 aliphatic heterocycles. The van der Waals surface area contributed by atoms with Crippen LogP contribution in [0, 0.1) is 0 Å². The van der Waals surface area contributed by atoms with Crippen molar-refractivity contribution in [2.45, 2.75) is 13.3 Å². The second-order valence-corrected chi connectivity index (χ2v) is 7.30. The maximum atomic E-state index is 4.93. The van der Waals surface area contributed by atoms with Crippen LogP contribution in [0.15, 0.2) is 30.6 Å². The van der Waals surface area contributed by atoms with Crippen LogP contribution in [0.3, 0.4) is 0 Å². The minimum atomic E-state index is 0.772. The minimum absolute atomic E-state index is 0.772. The normalized spacial score (nSPS) is 16.0. The number of hydrogen-bond donors (Lipinski definition) is 0. The average Bonchev–Trinajstić information content (AvgIpc) is 3.05. The van der Waals surface area contributed by atoms with Gasteiger partial charge >= 0.3 is 0 Å². The summed E-state index contributed by atoms with van der Waals surface area (Å²) in [4.78, 5) is 21.2. The Bertz CT molecular complexity index is 837. The molecular weight excluding hydrogens is 318 g/mol. The molecule has 0 unspecified atom stereocenters. The van der Waals surface area contributed by atoms with Gasteiger partial charge in [0.15, 0.2) is 5.82 Å². The number of aromatic nitrogens is 3. The lowest BCUT2D eigenvalue weighted by atomic mass is 10.2. The van der Waals surface area contributed by atoms with Crippen molar-refractivity contribution in [3.63, 3.8) is 0 Å². The molecule has 1 aliphatic rings. The van der Waals surface area contributed by atoms with E-state index in [9.17, 15) is 0 Å². The maximum Gasteiger partial charge on any atom is 0.164 e. The fourth-order valence-electron chi connectivity index (χ4n) is 3.01. The predicted octanol–water partition coefficient (Wildman–Crippen LogP) is 3.07. The molecule has 6 heteroatoms. The lowest BCUT2D eigenvalue weighted by molar-refractivity contribution is 0.312. The molecule has 4 heterocycles. The molecule has 3 aromatic heterocycles. The number of hydrogen-bond acceptors (Lipinski definition) is 6. The smallest absolute Gasteiger partial charge is 0.164 e. The molecule has 0 spiro atoms. The summed E-state index contributed by atoms with van der Waals surface area (Å²) in [5.74, 6) is 1.84. The van der Waals surface area contributed by atoms with Crippen LogP contribution in [-0.4, -0.2) is 53.1 Å². The van der Waals surface area contributed by atoms with Gasteiger partial charge in [-0.2, -0.15) is 0 Å². The van der Waals surface area contributed by atoms with Crippen molar-refractivity contribution in [1.82, 2.24) is 19.9 Å². The number of aryl methyl sites for hydroxylation is 1. The van der Waals surface area contributed by atoms with E-state index in [1.165, 1.54) is 10.3 Å². The molecule has 24 heavy (non-hydrogen) atoms. The average molecular weight is 339 g/mol. The van der Waals surface area contributed by atoms with Gasteiger partial charge in [-0.1, -0.05) is 6.92 Å². The van der Waals surface area contributed by atoms with Crippen LogP contribution in [0.4, 0.5) is 5.82 Å². The highest BCUT2D eigenvalue weighted by Gasteiger charge is 2.21. The lowest BCUT2D eigenvalue weighted by Crippen LogP contribution is -2.44. The Morgan fingerprint density at radius 3 is 2.71 bits per heavy atom. The highest BCUT2D eigenvalue weighted by molar-refractivity contribution is 7.18. The summed E-state index contributed by atoms with van der Waals surface area (Å²) in [7, 11) is 2.17. The van der Waals surface area contributed by atoms with Gasteiger partial charge < -0.3 is 9.80 Å². The molecule has 0 amide bonds. The first kappa shape index (κ1) is 15.5. The molecule has 0 atom stereocenters. The minimum Gasteiger partial charge on any atom is -0.353 e. The molecule has 1 fully saturated rings. The quantitative estimate of drug-likeness (QED) is 0.734. The summed E-state index contributed by atoms with van der Waals surface area (Å²) in [5, 5.41) is 1.19. The van der Waals surface area contributed by atoms with Crippen molar-refractivity contribution in [2.24, 2.45) is 0 Å². The summed E-state index contributed by atoms with van der Waals surface area (Å²) in [6, 6.07) is 6.22. The number of likely N-dealkylation sites (N-methyl/N-ethyl adjacent to an activating group) is 1. The van der Waals surface area contributed by atoms with Gasteiger partial charge in [-0.3, -0.25) is 4.98 Å². The second kappa shape index (κ2) is 6.45. The van der Waals surface area contributed by atoms with Gasteiger partial charge in [0, 0.05) is 49.0 Å². The molecule has 124 valence electrons. The summed E-state index contributed by atoms with van der Waals surface area (Å²) >= 11 is 1.78. The van der Waals surface area contributed by atoms with Crippen LogP contribution < -0.4 is 4.90 Å². The van der Waals surface area contributed by atoms with E-state index in [4.69, 9.17) is 9.97 Å². The Kier molecular flexibility index (Phi) is 4.16. The number of rotatable bonds is 3. The predicted molar refractivity (Wildman–Crippen MR) is 99.7 cm³/mol. The van der Waals surface area contributed by atoms with E-state index in [2.05, 4.69) is 34.8 Å². The van der Waals surface area contributed by atoms with Crippen LogP contribution in [-0.2, 0) is 6.42 Å². The van der Waals surface area contributed by atoms with Crippen LogP contribution in [0.1, 0.15) is 11.8 Å². The van der Waals surface area contributed by atoms with Gasteiger partial charge in [-0.25, -0.2) is 9.97 Å². The number of piperazine rings is 1. The molecule has 5 nitrogen and oxygen atoms in total. The Labute approximate surface area is 146 Å². The van der Waals surface area contributed by atoms with E-state index in [1.807, 2.05) is 18.3 Å². The molecule has 0 aromatic carbocycles. The molecule has 3 aromatic rings. The Morgan fingerprint density at radius 1 is 1.17 bits per heavy atom. The van der Waals surface area contributed by atoms with Crippen LogP contribution in [0.5, 0.6) is 0 Å². The SMILES string of the molecule is CCc1cc2c(N3CCN(C)CC3)nc(-c3cccnc3)nc2s1. The van der Waals surface area contributed by atoms with Crippen molar-refractivity contribution >= 4 is 27.4 Å². The zero-order chi connectivity index (χ0) is 16.5. The monoisotopic (exact) mass is 339 g/mol. The number of thiophene rings is 1. The molecule has 0 N–H and O–H groups in total. The fourth-order valence-corrected chi connectivity index (χ4v) is 3.98. The molecule has 0 aliphatic carbocycles. The van der Waals surface area contributed by atoms with Gasteiger partial charge in [0.2, 0.25) is 0 Å².